The number of rotatable bonds is 4. The van der Waals surface area contributed by atoms with Gasteiger partial charge in [0, 0.05) is 19.6 Å². The SMILES string of the molecule is CC(NCC1CCN(C)C1)C(=O)N1CCOCC1. The molecule has 0 aromatic rings. The Labute approximate surface area is 109 Å². The molecule has 104 valence electrons. The number of nitrogens with one attached hydrogen (secondary N) is 1. The number of hydrogen-bond acceptors (Lipinski definition) is 4. The van der Waals surface area contributed by atoms with Gasteiger partial charge in [0.05, 0.1) is 19.3 Å². The van der Waals surface area contributed by atoms with Gasteiger partial charge in [-0.25, -0.2) is 0 Å². The van der Waals surface area contributed by atoms with Crippen LogP contribution >= 0.6 is 0 Å². The second-order valence-corrected chi connectivity index (χ2v) is 5.48. The number of ether oxygens (including phenoxy) is 1. The van der Waals surface area contributed by atoms with E-state index in [9.17, 15) is 4.79 Å². The van der Waals surface area contributed by atoms with E-state index >= 15 is 0 Å². The van der Waals surface area contributed by atoms with Crippen LogP contribution in [0.2, 0.25) is 0 Å². The molecule has 2 saturated heterocycles. The van der Waals surface area contributed by atoms with Crippen molar-refractivity contribution in [1.29, 1.82) is 0 Å². The molecular weight excluding hydrogens is 230 g/mol. The monoisotopic (exact) mass is 255 g/mol. The summed E-state index contributed by atoms with van der Waals surface area (Å²) in [6.07, 6.45) is 1.24. The van der Waals surface area contributed by atoms with Crippen LogP contribution in [0.4, 0.5) is 0 Å². The maximum Gasteiger partial charge on any atom is 0.239 e. The Bertz CT molecular complexity index is 279. The lowest BCUT2D eigenvalue weighted by atomic mass is 10.1. The Morgan fingerprint density at radius 1 is 1.39 bits per heavy atom. The van der Waals surface area contributed by atoms with Crippen LogP contribution in [-0.4, -0.2) is 74.7 Å². The fraction of sp³-hybridized carbons (Fsp3) is 0.923. The number of nitrogens with zero attached hydrogens (tertiary/aromatic N) is 2. The van der Waals surface area contributed by atoms with Gasteiger partial charge in [-0.05, 0) is 39.4 Å². The van der Waals surface area contributed by atoms with Gasteiger partial charge in [-0.15, -0.1) is 0 Å². The highest BCUT2D eigenvalue weighted by molar-refractivity contribution is 5.81. The zero-order chi connectivity index (χ0) is 13.0. The smallest absolute Gasteiger partial charge is 0.239 e. The van der Waals surface area contributed by atoms with Gasteiger partial charge >= 0.3 is 0 Å². The minimum Gasteiger partial charge on any atom is -0.378 e. The summed E-state index contributed by atoms with van der Waals surface area (Å²) in [5.74, 6) is 0.902. The van der Waals surface area contributed by atoms with Gasteiger partial charge in [0.1, 0.15) is 0 Å². The number of carbonyl (C=O) groups excluding carboxylic acids is 1. The molecule has 2 heterocycles. The van der Waals surface area contributed by atoms with E-state index in [0.717, 1.165) is 26.2 Å². The van der Waals surface area contributed by atoms with Crippen molar-refractivity contribution >= 4 is 5.91 Å². The lowest BCUT2D eigenvalue weighted by Crippen LogP contribution is -2.50. The number of morpholine rings is 1. The summed E-state index contributed by atoms with van der Waals surface area (Å²) < 4.78 is 5.26. The molecule has 0 radical (unpaired) electrons. The largest absolute Gasteiger partial charge is 0.378 e. The van der Waals surface area contributed by atoms with E-state index in [4.69, 9.17) is 4.74 Å². The molecular formula is C13H25N3O2. The first-order valence-electron chi connectivity index (χ1n) is 6.95. The van der Waals surface area contributed by atoms with Gasteiger partial charge in [0.15, 0.2) is 0 Å². The van der Waals surface area contributed by atoms with Crippen LogP contribution in [-0.2, 0) is 9.53 Å². The van der Waals surface area contributed by atoms with Crippen molar-refractivity contribution in [2.75, 3.05) is 53.0 Å². The second-order valence-electron chi connectivity index (χ2n) is 5.48. The molecule has 2 aliphatic rings. The highest BCUT2D eigenvalue weighted by atomic mass is 16.5. The average molecular weight is 255 g/mol. The van der Waals surface area contributed by atoms with E-state index in [1.54, 1.807) is 0 Å². The Hall–Kier alpha value is -0.650. The van der Waals surface area contributed by atoms with Crippen molar-refractivity contribution in [3.8, 4) is 0 Å². The van der Waals surface area contributed by atoms with Crippen molar-refractivity contribution in [3.05, 3.63) is 0 Å². The van der Waals surface area contributed by atoms with Crippen LogP contribution in [0.3, 0.4) is 0 Å². The quantitative estimate of drug-likeness (QED) is 0.754. The van der Waals surface area contributed by atoms with Crippen molar-refractivity contribution in [3.63, 3.8) is 0 Å². The molecule has 5 nitrogen and oxygen atoms in total. The normalized spacial score (nSPS) is 27.4. The minimum absolute atomic E-state index is 0.0750. The molecule has 2 aliphatic heterocycles. The molecule has 0 bridgehead atoms. The van der Waals surface area contributed by atoms with Crippen LogP contribution in [0.15, 0.2) is 0 Å². The molecule has 1 N–H and O–H groups in total. The molecule has 0 aromatic heterocycles. The molecule has 0 spiro atoms. The van der Waals surface area contributed by atoms with E-state index < -0.39 is 0 Å². The number of likely N-dealkylation sites (tertiary alicyclic amines) is 1. The third-order valence-corrected chi connectivity index (χ3v) is 3.89. The first-order valence-corrected chi connectivity index (χ1v) is 6.95. The van der Waals surface area contributed by atoms with Crippen molar-refractivity contribution in [2.24, 2.45) is 5.92 Å². The van der Waals surface area contributed by atoms with E-state index in [2.05, 4.69) is 17.3 Å². The Morgan fingerprint density at radius 2 is 2.11 bits per heavy atom. The molecule has 2 unspecified atom stereocenters. The average Bonchev–Trinajstić information content (AvgIpc) is 2.82. The van der Waals surface area contributed by atoms with E-state index in [0.29, 0.717) is 19.1 Å². The van der Waals surface area contributed by atoms with Crippen LogP contribution in [0.5, 0.6) is 0 Å². The summed E-state index contributed by atoms with van der Waals surface area (Å²) in [4.78, 5) is 16.4. The zero-order valence-corrected chi connectivity index (χ0v) is 11.5. The van der Waals surface area contributed by atoms with Gasteiger partial charge in [-0.1, -0.05) is 0 Å². The summed E-state index contributed by atoms with van der Waals surface area (Å²) in [6, 6.07) is -0.0750. The third-order valence-electron chi connectivity index (χ3n) is 3.89. The van der Waals surface area contributed by atoms with Crippen LogP contribution in [0, 0.1) is 5.92 Å². The summed E-state index contributed by atoms with van der Waals surface area (Å²) in [6.45, 7) is 8.05. The van der Waals surface area contributed by atoms with Gasteiger partial charge in [0.25, 0.3) is 0 Å². The molecule has 0 aromatic carbocycles. The Kier molecular flexibility index (Phi) is 4.97. The number of carbonyl (C=O) groups is 1. The lowest BCUT2D eigenvalue weighted by molar-refractivity contribution is -0.137. The first-order chi connectivity index (χ1) is 8.66. The molecule has 5 heteroatoms. The Balaban J connectivity index is 1.70. The predicted molar refractivity (Wildman–Crippen MR) is 70.5 cm³/mol. The van der Waals surface area contributed by atoms with E-state index in [1.165, 1.54) is 13.0 Å². The standard InChI is InChI=1S/C13H25N3O2/c1-11(13(17)16-5-7-18-8-6-16)14-9-12-3-4-15(2)10-12/h11-12,14H,3-10H2,1-2H3. The summed E-state index contributed by atoms with van der Waals surface area (Å²) in [5.41, 5.74) is 0. The molecule has 2 fully saturated rings. The maximum atomic E-state index is 12.2. The van der Waals surface area contributed by atoms with Crippen LogP contribution < -0.4 is 5.32 Å². The van der Waals surface area contributed by atoms with Gasteiger partial charge in [0.2, 0.25) is 5.91 Å². The fourth-order valence-corrected chi connectivity index (χ4v) is 2.68. The summed E-state index contributed by atoms with van der Waals surface area (Å²) in [5, 5.41) is 3.38. The molecule has 18 heavy (non-hydrogen) atoms. The van der Waals surface area contributed by atoms with Gasteiger partial charge < -0.3 is 19.9 Å². The maximum absolute atomic E-state index is 12.2. The summed E-state index contributed by atoms with van der Waals surface area (Å²) in [7, 11) is 2.16. The molecule has 2 atom stereocenters. The van der Waals surface area contributed by atoms with Crippen molar-refractivity contribution < 1.29 is 9.53 Å². The number of amides is 1. The Morgan fingerprint density at radius 3 is 2.72 bits per heavy atom. The van der Waals surface area contributed by atoms with Gasteiger partial charge in [-0.3, -0.25) is 4.79 Å². The minimum atomic E-state index is -0.0750. The topological polar surface area (TPSA) is 44.8 Å². The van der Waals surface area contributed by atoms with Crippen LogP contribution in [0.1, 0.15) is 13.3 Å². The first kappa shape index (κ1) is 13.8. The van der Waals surface area contributed by atoms with E-state index in [1.807, 2.05) is 11.8 Å². The molecule has 2 rings (SSSR count). The molecule has 0 saturated carbocycles. The summed E-state index contributed by atoms with van der Waals surface area (Å²) >= 11 is 0. The molecule has 1 amide bonds. The van der Waals surface area contributed by atoms with E-state index in [-0.39, 0.29) is 11.9 Å². The zero-order valence-electron chi connectivity index (χ0n) is 11.5. The highest BCUT2D eigenvalue weighted by Gasteiger charge is 2.24. The highest BCUT2D eigenvalue weighted by Crippen LogP contribution is 2.13. The fourth-order valence-electron chi connectivity index (χ4n) is 2.68. The molecule has 0 aliphatic carbocycles. The third kappa shape index (κ3) is 3.67. The number of hydrogen-bond donors (Lipinski definition) is 1. The predicted octanol–water partition coefficient (Wildman–Crippen LogP) is -0.225. The van der Waals surface area contributed by atoms with Crippen molar-refractivity contribution in [2.45, 2.75) is 19.4 Å². The lowest BCUT2D eigenvalue weighted by Gasteiger charge is -2.29. The second kappa shape index (κ2) is 6.50. The van der Waals surface area contributed by atoms with Gasteiger partial charge in [-0.2, -0.15) is 0 Å². The van der Waals surface area contributed by atoms with Crippen molar-refractivity contribution in [1.82, 2.24) is 15.1 Å². The van der Waals surface area contributed by atoms with Crippen LogP contribution in [0.25, 0.3) is 0 Å².